The fourth-order valence-corrected chi connectivity index (χ4v) is 12.7. The van der Waals surface area contributed by atoms with Gasteiger partial charge in [0.15, 0.2) is 0 Å². The fraction of sp³-hybridized carbons (Fsp3) is 0.100. The largest absolute Gasteiger partial charge is 0.134 e. The summed E-state index contributed by atoms with van der Waals surface area (Å²) >= 11 is 1.95. The van der Waals surface area contributed by atoms with Crippen LogP contribution in [-0.4, -0.2) is 0 Å². The molecule has 0 saturated heterocycles. The van der Waals surface area contributed by atoms with Gasteiger partial charge in [-0.1, -0.05) is 185 Å². The van der Waals surface area contributed by atoms with E-state index in [4.69, 9.17) is 0 Å². The monoisotopic (exact) mass is 794 g/mol. The third-order valence-electron chi connectivity index (χ3n) is 14.5. The minimum Gasteiger partial charge on any atom is -0.134 e. The summed E-state index contributed by atoms with van der Waals surface area (Å²) in [5.41, 5.74) is 18.7. The summed E-state index contributed by atoms with van der Waals surface area (Å²) in [5, 5.41) is 10.4. The van der Waals surface area contributed by atoms with E-state index >= 15 is 0 Å². The number of thiophene rings is 1. The number of rotatable bonds is 3. The van der Waals surface area contributed by atoms with Gasteiger partial charge < -0.3 is 0 Å². The Morgan fingerprint density at radius 3 is 1.56 bits per heavy atom. The predicted molar refractivity (Wildman–Crippen MR) is 263 cm³/mol. The third kappa shape index (κ3) is 4.81. The minimum absolute atomic E-state index is 0.00321. The van der Waals surface area contributed by atoms with Crippen molar-refractivity contribution in [3.63, 3.8) is 0 Å². The molecule has 1 heterocycles. The van der Waals surface area contributed by atoms with Crippen LogP contribution in [-0.2, 0) is 10.8 Å². The van der Waals surface area contributed by atoms with E-state index in [9.17, 15) is 0 Å². The van der Waals surface area contributed by atoms with Crippen molar-refractivity contribution in [3.8, 4) is 55.6 Å². The molecule has 0 nitrogen and oxygen atoms in total. The van der Waals surface area contributed by atoms with Gasteiger partial charge in [0, 0.05) is 36.6 Å². The van der Waals surface area contributed by atoms with Crippen LogP contribution >= 0.6 is 11.3 Å². The Labute approximate surface area is 360 Å². The molecule has 2 aliphatic rings. The average Bonchev–Trinajstić information content (AvgIpc) is 3.86. The second kappa shape index (κ2) is 12.4. The Kier molecular flexibility index (Phi) is 7.11. The molecule has 0 unspecified atom stereocenters. The average molecular weight is 795 g/mol. The van der Waals surface area contributed by atoms with Crippen LogP contribution in [0.2, 0.25) is 0 Å². The van der Waals surface area contributed by atoms with Crippen LogP contribution in [0.5, 0.6) is 0 Å². The summed E-state index contributed by atoms with van der Waals surface area (Å²) in [6.45, 7) is 9.48. The van der Waals surface area contributed by atoms with Crippen molar-refractivity contribution in [2.75, 3.05) is 0 Å². The van der Waals surface area contributed by atoms with Gasteiger partial charge >= 0.3 is 0 Å². The maximum Gasteiger partial charge on any atom is 0.0437 e. The molecular weight excluding hydrogens is 753 g/mol. The van der Waals surface area contributed by atoms with Crippen LogP contribution in [0.1, 0.15) is 49.9 Å². The Balaban J connectivity index is 0.908. The van der Waals surface area contributed by atoms with Crippen LogP contribution in [0.15, 0.2) is 182 Å². The van der Waals surface area contributed by atoms with Gasteiger partial charge in [0.05, 0.1) is 0 Å². The number of fused-ring (bicyclic) bond motifs is 13. The first kappa shape index (κ1) is 35.0. The van der Waals surface area contributed by atoms with Gasteiger partial charge in [-0.3, -0.25) is 0 Å². The molecule has 0 N–H and O–H groups in total. The van der Waals surface area contributed by atoms with Crippen molar-refractivity contribution >= 4 is 63.8 Å². The van der Waals surface area contributed by atoms with Crippen molar-refractivity contribution in [2.24, 2.45) is 0 Å². The Morgan fingerprint density at radius 2 is 0.852 bits per heavy atom. The SMILES string of the molecule is CC1(C)c2ccccc2-c2ccc(-c3c4ccccc4c(-c4ccc(-c5ccc6cc7c(cc6c5)sc5c6c(ccc57)C(C)(C)c5ccccc5-6)cc4)c4ccccc34)cc21. The van der Waals surface area contributed by atoms with E-state index < -0.39 is 0 Å². The highest BCUT2D eigenvalue weighted by Gasteiger charge is 2.37. The highest BCUT2D eigenvalue weighted by molar-refractivity contribution is 7.26. The van der Waals surface area contributed by atoms with E-state index in [2.05, 4.69) is 210 Å². The summed E-state index contributed by atoms with van der Waals surface area (Å²) in [5.74, 6) is 0. The lowest BCUT2D eigenvalue weighted by molar-refractivity contribution is 0.660. The molecule has 10 aromatic carbocycles. The Hall–Kier alpha value is -6.80. The second-order valence-electron chi connectivity index (χ2n) is 18.4. The molecular formula is C60H42S. The number of hydrogen-bond acceptors (Lipinski definition) is 1. The van der Waals surface area contributed by atoms with E-state index in [1.54, 1.807) is 0 Å². The van der Waals surface area contributed by atoms with Crippen molar-refractivity contribution in [2.45, 2.75) is 38.5 Å². The molecule has 1 aromatic heterocycles. The fourth-order valence-electron chi connectivity index (χ4n) is 11.4. The highest BCUT2D eigenvalue weighted by atomic mass is 32.1. The summed E-state index contributed by atoms with van der Waals surface area (Å²) in [7, 11) is 0. The lowest BCUT2D eigenvalue weighted by Gasteiger charge is -2.23. The lowest BCUT2D eigenvalue weighted by Crippen LogP contribution is -2.14. The van der Waals surface area contributed by atoms with E-state index in [0.717, 1.165) is 0 Å². The first-order valence-corrected chi connectivity index (χ1v) is 22.4. The second-order valence-corrected chi connectivity index (χ2v) is 19.4. The van der Waals surface area contributed by atoms with Crippen LogP contribution in [0.4, 0.5) is 0 Å². The Bertz CT molecular complexity index is 3630. The Morgan fingerprint density at radius 1 is 0.311 bits per heavy atom. The molecule has 0 amide bonds. The standard InChI is InChI=1S/C60H42S/c1-59(2)51-20-12-10-18-48(51)57-52(59)30-29-47-49-32-38-26-25-37(31-40(38)34-54(49)61-58(47)57)35-21-23-36(24-22-35)55-43-14-5-7-16-45(43)56(46-17-8-6-15-44(46)55)39-27-28-42-41-13-9-11-19-50(41)60(3,4)53(42)33-39/h5-34H,1-4H3. The van der Waals surface area contributed by atoms with Gasteiger partial charge in [-0.2, -0.15) is 0 Å². The molecule has 0 aliphatic heterocycles. The smallest absolute Gasteiger partial charge is 0.0437 e. The van der Waals surface area contributed by atoms with Gasteiger partial charge in [0.1, 0.15) is 0 Å². The first-order chi connectivity index (χ1) is 29.8. The zero-order valence-electron chi connectivity index (χ0n) is 34.7. The maximum atomic E-state index is 2.47. The molecule has 0 atom stereocenters. The molecule has 0 spiro atoms. The maximum absolute atomic E-state index is 2.47. The molecule has 0 fully saturated rings. The van der Waals surface area contributed by atoms with Crippen molar-refractivity contribution in [1.82, 2.24) is 0 Å². The molecule has 11 aromatic rings. The van der Waals surface area contributed by atoms with E-state index in [-0.39, 0.29) is 10.8 Å². The van der Waals surface area contributed by atoms with E-state index in [1.165, 1.54) is 130 Å². The third-order valence-corrected chi connectivity index (χ3v) is 15.6. The number of hydrogen-bond donors (Lipinski definition) is 0. The van der Waals surface area contributed by atoms with Crippen molar-refractivity contribution in [1.29, 1.82) is 0 Å². The molecule has 0 bridgehead atoms. The summed E-state index contributed by atoms with van der Waals surface area (Å²) in [6, 6.07) is 69.0. The summed E-state index contributed by atoms with van der Waals surface area (Å²) < 4.78 is 2.76. The van der Waals surface area contributed by atoms with Crippen molar-refractivity contribution < 1.29 is 0 Å². The predicted octanol–water partition coefficient (Wildman–Crippen LogP) is 17.1. The van der Waals surface area contributed by atoms with Crippen LogP contribution in [0.25, 0.3) is 108 Å². The van der Waals surface area contributed by atoms with Gasteiger partial charge in [-0.15, -0.1) is 11.3 Å². The van der Waals surface area contributed by atoms with E-state index in [1.807, 2.05) is 11.3 Å². The highest BCUT2D eigenvalue weighted by Crippen LogP contribution is 2.55. The van der Waals surface area contributed by atoms with Gasteiger partial charge in [0.2, 0.25) is 0 Å². The van der Waals surface area contributed by atoms with Crippen LogP contribution in [0.3, 0.4) is 0 Å². The summed E-state index contributed by atoms with van der Waals surface area (Å²) in [6.07, 6.45) is 0. The normalized spacial score (nSPS) is 14.5. The molecule has 13 rings (SSSR count). The molecule has 1 heteroatoms. The zero-order chi connectivity index (χ0) is 40.8. The topological polar surface area (TPSA) is 0 Å². The van der Waals surface area contributed by atoms with Gasteiger partial charge in [0.25, 0.3) is 0 Å². The lowest BCUT2D eigenvalue weighted by atomic mass is 9.80. The van der Waals surface area contributed by atoms with Gasteiger partial charge in [-0.05, 0) is 129 Å². The van der Waals surface area contributed by atoms with Crippen LogP contribution in [0, 0.1) is 0 Å². The summed E-state index contributed by atoms with van der Waals surface area (Å²) in [4.78, 5) is 0. The van der Waals surface area contributed by atoms with E-state index in [0.29, 0.717) is 0 Å². The number of benzene rings is 10. The molecule has 0 saturated carbocycles. The molecule has 0 radical (unpaired) electrons. The quantitative estimate of drug-likeness (QED) is 0.156. The van der Waals surface area contributed by atoms with Crippen LogP contribution < -0.4 is 0 Å². The minimum atomic E-state index is -0.0592. The molecule has 61 heavy (non-hydrogen) atoms. The first-order valence-electron chi connectivity index (χ1n) is 21.6. The van der Waals surface area contributed by atoms with Crippen molar-refractivity contribution in [3.05, 3.63) is 204 Å². The zero-order valence-corrected chi connectivity index (χ0v) is 35.5. The molecule has 288 valence electrons. The van der Waals surface area contributed by atoms with Gasteiger partial charge in [-0.25, -0.2) is 0 Å². The molecule has 2 aliphatic carbocycles.